The summed E-state index contributed by atoms with van der Waals surface area (Å²) in [5.74, 6) is -1.92. The third-order valence-electron chi connectivity index (χ3n) is 5.30. The number of amides is 5. The fourth-order valence-corrected chi connectivity index (χ4v) is 4.64. The van der Waals surface area contributed by atoms with E-state index in [-0.39, 0.29) is 24.5 Å². The number of nitrogens with one attached hydrogen (secondary N) is 2. The van der Waals surface area contributed by atoms with E-state index in [1.807, 2.05) is 22.6 Å². The van der Waals surface area contributed by atoms with Crippen LogP contribution in [0.15, 0.2) is 70.7 Å². The molecule has 12 heteroatoms. The van der Waals surface area contributed by atoms with Gasteiger partial charge in [0.1, 0.15) is 11.4 Å². The van der Waals surface area contributed by atoms with Crippen LogP contribution < -0.4 is 25.0 Å². The quantitative estimate of drug-likeness (QED) is 0.187. The number of hydrogen-bond donors (Lipinski definition) is 2. The van der Waals surface area contributed by atoms with Gasteiger partial charge < -0.3 is 14.8 Å². The van der Waals surface area contributed by atoms with Crippen molar-refractivity contribution in [2.75, 3.05) is 23.4 Å². The van der Waals surface area contributed by atoms with Crippen LogP contribution in [-0.2, 0) is 14.4 Å². The monoisotopic (exact) mass is 707 g/mol. The van der Waals surface area contributed by atoms with Crippen molar-refractivity contribution in [2.24, 2.45) is 0 Å². The van der Waals surface area contributed by atoms with Crippen molar-refractivity contribution in [3.05, 3.63) is 85.7 Å². The van der Waals surface area contributed by atoms with E-state index in [2.05, 4.69) is 26.6 Å². The Hall–Kier alpha value is -3.78. The highest BCUT2D eigenvalue weighted by Crippen LogP contribution is 2.35. The molecule has 3 aromatic rings. The summed E-state index contributed by atoms with van der Waals surface area (Å²) >= 11 is 5.29. The number of rotatable bonds is 8. The minimum atomic E-state index is -0.850. The molecule has 9 nitrogen and oxygen atoms in total. The van der Waals surface area contributed by atoms with E-state index in [4.69, 9.17) is 9.47 Å². The molecule has 1 fully saturated rings. The Balaban J connectivity index is 1.57. The van der Waals surface area contributed by atoms with E-state index in [0.29, 0.717) is 26.3 Å². The Kier molecular flexibility index (Phi) is 8.97. The lowest BCUT2D eigenvalue weighted by Gasteiger charge is -2.26. The maximum Gasteiger partial charge on any atom is 0.335 e. The first-order valence-electron chi connectivity index (χ1n) is 11.5. The van der Waals surface area contributed by atoms with Crippen molar-refractivity contribution in [1.29, 1.82) is 0 Å². The summed E-state index contributed by atoms with van der Waals surface area (Å²) in [4.78, 5) is 51.4. The number of hydrogen-bond acceptors (Lipinski definition) is 6. The number of ether oxygens (including phenoxy) is 2. The number of carbonyl (C=O) groups is 4. The molecule has 39 heavy (non-hydrogen) atoms. The number of urea groups is 1. The van der Waals surface area contributed by atoms with Gasteiger partial charge in [0.05, 0.1) is 15.9 Å². The van der Waals surface area contributed by atoms with Crippen LogP contribution in [0.4, 0.5) is 20.6 Å². The molecule has 1 heterocycles. The van der Waals surface area contributed by atoms with Crippen molar-refractivity contribution in [1.82, 2.24) is 5.32 Å². The first-order valence-corrected chi connectivity index (χ1v) is 13.3. The Morgan fingerprint density at radius 1 is 1.08 bits per heavy atom. The van der Waals surface area contributed by atoms with Crippen LogP contribution >= 0.6 is 38.5 Å². The molecule has 0 aromatic heterocycles. The standard InChI is InChI=1S/C27H20BrFIN3O6/c1-2-38-22-13-15(12-21(30)24(22)39-14-23(34)31-18-7-5-17(29)6-8-18)11-20-25(35)32-27(37)33(26(20)36)19-9-3-16(28)4-10-19/h3-13H,2,14H2,1H3,(H,31,34)(H,32,35,37)/b20-11+. The van der Waals surface area contributed by atoms with E-state index >= 15 is 0 Å². The zero-order valence-electron chi connectivity index (χ0n) is 20.3. The number of imide groups is 2. The first-order chi connectivity index (χ1) is 18.7. The molecule has 0 bridgehead atoms. The Labute approximate surface area is 244 Å². The summed E-state index contributed by atoms with van der Waals surface area (Å²) in [5.41, 5.74) is 0.904. The molecule has 1 aliphatic heterocycles. The highest BCUT2D eigenvalue weighted by atomic mass is 127. The van der Waals surface area contributed by atoms with Crippen LogP contribution in [0.25, 0.3) is 6.08 Å². The van der Waals surface area contributed by atoms with Gasteiger partial charge in [0.25, 0.3) is 17.7 Å². The van der Waals surface area contributed by atoms with Crippen LogP contribution in [-0.4, -0.2) is 37.0 Å². The van der Waals surface area contributed by atoms with E-state index in [1.165, 1.54) is 30.3 Å². The number of carbonyl (C=O) groups excluding carboxylic acids is 4. The number of halogens is 3. The maximum absolute atomic E-state index is 13.2. The van der Waals surface area contributed by atoms with Gasteiger partial charge in [0.15, 0.2) is 18.1 Å². The van der Waals surface area contributed by atoms with Crippen LogP contribution in [0.2, 0.25) is 0 Å². The number of nitrogens with zero attached hydrogens (tertiary/aromatic N) is 1. The lowest BCUT2D eigenvalue weighted by Crippen LogP contribution is -2.54. The molecule has 3 aromatic carbocycles. The third-order valence-corrected chi connectivity index (χ3v) is 6.63. The molecule has 0 aliphatic carbocycles. The molecule has 4 rings (SSSR count). The fourth-order valence-electron chi connectivity index (χ4n) is 3.59. The minimum Gasteiger partial charge on any atom is -0.490 e. The summed E-state index contributed by atoms with van der Waals surface area (Å²) in [5, 5.41) is 4.80. The second-order valence-electron chi connectivity index (χ2n) is 8.04. The Bertz CT molecular complexity index is 1480. The lowest BCUT2D eigenvalue weighted by molar-refractivity contribution is -0.122. The van der Waals surface area contributed by atoms with Gasteiger partial charge in [-0.3, -0.25) is 19.7 Å². The predicted molar refractivity (Wildman–Crippen MR) is 154 cm³/mol. The summed E-state index contributed by atoms with van der Waals surface area (Å²) in [7, 11) is 0. The van der Waals surface area contributed by atoms with Crippen molar-refractivity contribution < 1.29 is 33.0 Å². The summed E-state index contributed by atoms with van der Waals surface area (Å²) in [6.45, 7) is 1.70. The highest BCUT2D eigenvalue weighted by Gasteiger charge is 2.36. The zero-order valence-corrected chi connectivity index (χ0v) is 24.0. The van der Waals surface area contributed by atoms with Crippen molar-refractivity contribution in [3.63, 3.8) is 0 Å². The number of barbiturate groups is 1. The first kappa shape index (κ1) is 28.2. The van der Waals surface area contributed by atoms with E-state index < -0.39 is 29.6 Å². The second kappa shape index (κ2) is 12.4. The smallest absolute Gasteiger partial charge is 0.335 e. The molecule has 0 radical (unpaired) electrons. The topological polar surface area (TPSA) is 114 Å². The van der Waals surface area contributed by atoms with Crippen LogP contribution in [0.1, 0.15) is 12.5 Å². The van der Waals surface area contributed by atoms with E-state index in [0.717, 1.165) is 9.37 Å². The average Bonchev–Trinajstić information content (AvgIpc) is 2.88. The molecule has 2 N–H and O–H groups in total. The van der Waals surface area contributed by atoms with Gasteiger partial charge in [-0.2, -0.15) is 0 Å². The molecule has 200 valence electrons. The van der Waals surface area contributed by atoms with E-state index in [1.54, 1.807) is 43.3 Å². The van der Waals surface area contributed by atoms with Crippen molar-refractivity contribution in [2.45, 2.75) is 6.92 Å². The van der Waals surface area contributed by atoms with Crippen LogP contribution in [0.5, 0.6) is 11.5 Å². The van der Waals surface area contributed by atoms with Gasteiger partial charge in [-0.15, -0.1) is 0 Å². The summed E-state index contributed by atoms with van der Waals surface area (Å²) < 4.78 is 25.8. The fraction of sp³-hybridized carbons (Fsp3) is 0.111. The molecular formula is C27H20BrFIN3O6. The van der Waals surface area contributed by atoms with E-state index in [9.17, 15) is 23.6 Å². The third kappa shape index (κ3) is 6.81. The summed E-state index contributed by atoms with van der Waals surface area (Å²) in [6, 6.07) is 14.2. The van der Waals surface area contributed by atoms with Gasteiger partial charge in [-0.05, 0) is 102 Å². The van der Waals surface area contributed by atoms with Gasteiger partial charge in [-0.1, -0.05) is 15.9 Å². The van der Waals surface area contributed by atoms with Crippen LogP contribution in [0, 0.1) is 9.39 Å². The molecule has 0 atom stereocenters. The zero-order chi connectivity index (χ0) is 28.1. The van der Waals surface area contributed by atoms with Gasteiger partial charge in [-0.25, -0.2) is 14.1 Å². The largest absolute Gasteiger partial charge is 0.490 e. The molecule has 0 unspecified atom stereocenters. The van der Waals surface area contributed by atoms with Crippen molar-refractivity contribution in [3.8, 4) is 11.5 Å². The number of anilines is 2. The lowest BCUT2D eigenvalue weighted by atomic mass is 10.1. The molecular weight excluding hydrogens is 688 g/mol. The van der Waals surface area contributed by atoms with Gasteiger partial charge >= 0.3 is 6.03 Å². The molecule has 5 amide bonds. The highest BCUT2D eigenvalue weighted by molar-refractivity contribution is 14.1. The average molecular weight is 708 g/mol. The SMILES string of the molecule is CCOc1cc(/C=C2\C(=O)NC(=O)N(c3ccc(Br)cc3)C2=O)cc(I)c1OCC(=O)Nc1ccc(F)cc1. The summed E-state index contributed by atoms with van der Waals surface area (Å²) in [6.07, 6.45) is 1.35. The number of benzene rings is 3. The minimum absolute atomic E-state index is 0.247. The maximum atomic E-state index is 13.2. The molecule has 0 saturated carbocycles. The predicted octanol–water partition coefficient (Wildman–Crippen LogP) is 5.28. The molecule has 1 aliphatic rings. The molecule has 0 spiro atoms. The second-order valence-corrected chi connectivity index (χ2v) is 10.1. The van der Waals surface area contributed by atoms with Gasteiger partial charge in [0.2, 0.25) is 0 Å². The van der Waals surface area contributed by atoms with Gasteiger partial charge in [0, 0.05) is 10.2 Å². The molecule has 1 saturated heterocycles. The normalized spacial score (nSPS) is 14.3. The van der Waals surface area contributed by atoms with Crippen molar-refractivity contribution >= 4 is 79.7 Å². The van der Waals surface area contributed by atoms with Crippen LogP contribution in [0.3, 0.4) is 0 Å². The Morgan fingerprint density at radius 3 is 2.44 bits per heavy atom. The Morgan fingerprint density at radius 2 is 1.77 bits per heavy atom.